The Morgan fingerprint density at radius 2 is 1.88 bits per heavy atom. The van der Waals surface area contributed by atoms with Crippen molar-refractivity contribution in [3.8, 4) is 11.5 Å². The second-order valence-electron chi connectivity index (χ2n) is 5.90. The number of nitrogens with zero attached hydrogens (tertiary/aromatic N) is 1. The normalized spacial score (nSPS) is 17.7. The van der Waals surface area contributed by atoms with E-state index in [0.29, 0.717) is 15.0 Å². The van der Waals surface area contributed by atoms with Crippen LogP contribution >= 0.6 is 24.0 Å². The summed E-state index contributed by atoms with van der Waals surface area (Å²) in [6.07, 6.45) is 1.84. The number of benzene rings is 2. The van der Waals surface area contributed by atoms with Crippen LogP contribution < -0.4 is 14.4 Å². The first-order chi connectivity index (χ1) is 12.0. The number of thioether (sulfide) groups is 1. The average Bonchev–Trinajstić information content (AvgIpc) is 3.15. The van der Waals surface area contributed by atoms with Crippen molar-refractivity contribution < 1.29 is 14.3 Å². The molecule has 0 aromatic heterocycles. The lowest BCUT2D eigenvalue weighted by Crippen LogP contribution is -2.27. The van der Waals surface area contributed by atoms with Crippen molar-refractivity contribution in [3.63, 3.8) is 0 Å². The zero-order valence-corrected chi connectivity index (χ0v) is 15.4. The van der Waals surface area contributed by atoms with Gasteiger partial charge in [-0.2, -0.15) is 0 Å². The Morgan fingerprint density at radius 1 is 1.08 bits per heavy atom. The SMILES string of the molecule is Cc1ccc(N2C(=O)C(=Cc3ccc4c(c3)OCO4)SC2=S)cc1C. The van der Waals surface area contributed by atoms with Crippen molar-refractivity contribution >= 4 is 46.0 Å². The van der Waals surface area contributed by atoms with Gasteiger partial charge in [-0.05, 0) is 60.9 Å². The van der Waals surface area contributed by atoms with Gasteiger partial charge in [-0.1, -0.05) is 36.1 Å². The van der Waals surface area contributed by atoms with Gasteiger partial charge in [0.1, 0.15) is 0 Å². The van der Waals surface area contributed by atoms with Gasteiger partial charge < -0.3 is 9.47 Å². The number of anilines is 1. The first kappa shape index (κ1) is 16.2. The third-order valence-corrected chi connectivity index (χ3v) is 5.54. The van der Waals surface area contributed by atoms with Crippen molar-refractivity contribution in [2.45, 2.75) is 13.8 Å². The lowest BCUT2D eigenvalue weighted by atomic mass is 10.1. The molecule has 2 aromatic carbocycles. The fourth-order valence-corrected chi connectivity index (χ4v) is 4.01. The lowest BCUT2D eigenvalue weighted by Gasteiger charge is -2.15. The molecule has 1 saturated heterocycles. The van der Waals surface area contributed by atoms with E-state index < -0.39 is 0 Å². The Hall–Kier alpha value is -2.31. The quantitative estimate of drug-likeness (QED) is 0.578. The summed E-state index contributed by atoms with van der Waals surface area (Å²) in [5.41, 5.74) is 4.00. The zero-order chi connectivity index (χ0) is 17.6. The largest absolute Gasteiger partial charge is 0.454 e. The second-order valence-corrected chi connectivity index (χ2v) is 7.57. The molecule has 0 radical (unpaired) electrons. The number of carbonyl (C=O) groups excluding carboxylic acids is 1. The Bertz CT molecular complexity index is 936. The van der Waals surface area contributed by atoms with Gasteiger partial charge in [-0.25, -0.2) is 0 Å². The highest BCUT2D eigenvalue weighted by molar-refractivity contribution is 8.27. The van der Waals surface area contributed by atoms with E-state index in [9.17, 15) is 4.79 Å². The summed E-state index contributed by atoms with van der Waals surface area (Å²) >= 11 is 6.74. The molecule has 0 aliphatic carbocycles. The van der Waals surface area contributed by atoms with E-state index in [1.807, 2.05) is 56.3 Å². The van der Waals surface area contributed by atoms with Crippen LogP contribution in [0.5, 0.6) is 11.5 Å². The number of hydrogen-bond donors (Lipinski definition) is 0. The molecule has 1 fully saturated rings. The van der Waals surface area contributed by atoms with E-state index in [2.05, 4.69) is 0 Å². The molecule has 2 heterocycles. The monoisotopic (exact) mass is 369 g/mol. The maximum absolute atomic E-state index is 12.8. The highest BCUT2D eigenvalue weighted by Gasteiger charge is 2.33. The highest BCUT2D eigenvalue weighted by atomic mass is 32.2. The molecular weight excluding hydrogens is 354 g/mol. The number of ether oxygens (including phenoxy) is 2. The van der Waals surface area contributed by atoms with E-state index in [0.717, 1.165) is 22.6 Å². The van der Waals surface area contributed by atoms with Crippen molar-refractivity contribution in [1.82, 2.24) is 0 Å². The molecule has 4 nitrogen and oxygen atoms in total. The number of thiocarbonyl (C=S) groups is 1. The molecule has 0 spiro atoms. The number of carbonyl (C=O) groups is 1. The number of aryl methyl sites for hydroxylation is 2. The van der Waals surface area contributed by atoms with E-state index in [-0.39, 0.29) is 12.7 Å². The molecule has 6 heteroatoms. The molecule has 126 valence electrons. The van der Waals surface area contributed by atoms with Crippen molar-refractivity contribution in [3.05, 3.63) is 58.0 Å². The summed E-state index contributed by atoms with van der Waals surface area (Å²) < 4.78 is 11.2. The first-order valence-electron chi connectivity index (χ1n) is 7.78. The van der Waals surface area contributed by atoms with Crippen LogP contribution in [0.2, 0.25) is 0 Å². The average molecular weight is 369 g/mol. The molecule has 0 atom stereocenters. The minimum atomic E-state index is -0.101. The lowest BCUT2D eigenvalue weighted by molar-refractivity contribution is -0.113. The number of hydrogen-bond acceptors (Lipinski definition) is 5. The molecule has 2 aromatic rings. The third-order valence-electron chi connectivity index (χ3n) is 4.24. The van der Waals surface area contributed by atoms with Gasteiger partial charge in [0, 0.05) is 0 Å². The van der Waals surface area contributed by atoms with Crippen LogP contribution in [0.1, 0.15) is 16.7 Å². The fourth-order valence-electron chi connectivity index (χ4n) is 2.71. The Labute approximate surface area is 155 Å². The standard InChI is InChI=1S/C19H15NO3S2/c1-11-3-5-14(7-12(11)2)20-18(21)17(25-19(20)24)9-13-4-6-15-16(8-13)23-10-22-15/h3-9H,10H2,1-2H3. The van der Waals surface area contributed by atoms with Crippen molar-refractivity contribution in [2.24, 2.45) is 0 Å². The second kappa shape index (κ2) is 6.20. The molecule has 0 unspecified atom stereocenters. The predicted molar refractivity (Wildman–Crippen MR) is 104 cm³/mol. The van der Waals surface area contributed by atoms with Gasteiger partial charge in [-0.15, -0.1) is 0 Å². The summed E-state index contributed by atoms with van der Waals surface area (Å²) in [6.45, 7) is 4.30. The molecule has 4 rings (SSSR count). The highest BCUT2D eigenvalue weighted by Crippen LogP contribution is 2.38. The van der Waals surface area contributed by atoms with E-state index in [1.54, 1.807) is 4.90 Å². The van der Waals surface area contributed by atoms with Crippen LogP contribution in [0, 0.1) is 13.8 Å². The molecule has 0 bridgehead atoms. The van der Waals surface area contributed by atoms with Gasteiger partial charge in [-0.3, -0.25) is 9.69 Å². The number of rotatable bonds is 2. The minimum Gasteiger partial charge on any atom is -0.454 e. The van der Waals surface area contributed by atoms with Gasteiger partial charge in [0.05, 0.1) is 10.6 Å². The fraction of sp³-hybridized carbons (Fsp3) is 0.158. The van der Waals surface area contributed by atoms with Gasteiger partial charge in [0.25, 0.3) is 5.91 Å². The molecule has 0 N–H and O–H groups in total. The van der Waals surface area contributed by atoms with Crippen LogP contribution in [-0.4, -0.2) is 17.0 Å². The maximum atomic E-state index is 12.8. The van der Waals surface area contributed by atoms with Crippen LogP contribution in [0.25, 0.3) is 6.08 Å². The molecule has 2 aliphatic heterocycles. The number of amides is 1. The zero-order valence-electron chi connectivity index (χ0n) is 13.7. The van der Waals surface area contributed by atoms with E-state index in [1.165, 1.54) is 17.3 Å². The van der Waals surface area contributed by atoms with Crippen molar-refractivity contribution in [1.29, 1.82) is 0 Å². The molecule has 0 saturated carbocycles. The van der Waals surface area contributed by atoms with Crippen molar-refractivity contribution in [2.75, 3.05) is 11.7 Å². The molecule has 2 aliphatic rings. The summed E-state index contributed by atoms with van der Waals surface area (Å²) in [5.74, 6) is 1.31. The Balaban J connectivity index is 1.65. The van der Waals surface area contributed by atoms with Gasteiger partial charge in [0.2, 0.25) is 6.79 Å². The minimum absolute atomic E-state index is 0.101. The van der Waals surface area contributed by atoms with Crippen LogP contribution in [0.4, 0.5) is 5.69 Å². The van der Waals surface area contributed by atoms with E-state index in [4.69, 9.17) is 21.7 Å². The summed E-state index contributed by atoms with van der Waals surface area (Å²) in [6, 6.07) is 11.5. The van der Waals surface area contributed by atoms with Crippen LogP contribution in [0.3, 0.4) is 0 Å². The molecule has 25 heavy (non-hydrogen) atoms. The topological polar surface area (TPSA) is 38.8 Å². The summed E-state index contributed by atoms with van der Waals surface area (Å²) in [5, 5.41) is 0. The van der Waals surface area contributed by atoms with Gasteiger partial charge >= 0.3 is 0 Å². The summed E-state index contributed by atoms with van der Waals surface area (Å²) in [4.78, 5) is 15.0. The van der Waals surface area contributed by atoms with E-state index >= 15 is 0 Å². The van der Waals surface area contributed by atoms with Crippen LogP contribution in [-0.2, 0) is 4.79 Å². The predicted octanol–water partition coefficient (Wildman–Crippen LogP) is 4.44. The number of fused-ring (bicyclic) bond motifs is 1. The van der Waals surface area contributed by atoms with Gasteiger partial charge in [0.15, 0.2) is 15.8 Å². The Kier molecular flexibility index (Phi) is 4.01. The molecule has 1 amide bonds. The maximum Gasteiger partial charge on any atom is 0.270 e. The smallest absolute Gasteiger partial charge is 0.270 e. The molecular formula is C19H15NO3S2. The Morgan fingerprint density at radius 3 is 2.68 bits per heavy atom. The first-order valence-corrected chi connectivity index (χ1v) is 9.00. The summed E-state index contributed by atoms with van der Waals surface area (Å²) in [7, 11) is 0. The van der Waals surface area contributed by atoms with Crippen LogP contribution in [0.15, 0.2) is 41.3 Å². The third kappa shape index (κ3) is 2.92.